The van der Waals surface area contributed by atoms with E-state index in [1.807, 2.05) is 0 Å². The summed E-state index contributed by atoms with van der Waals surface area (Å²) in [5, 5.41) is 0. The van der Waals surface area contributed by atoms with Crippen molar-refractivity contribution in [3.05, 3.63) is 113 Å². The van der Waals surface area contributed by atoms with Gasteiger partial charge < -0.3 is 4.74 Å². The van der Waals surface area contributed by atoms with E-state index in [2.05, 4.69) is 11.7 Å². The predicted molar refractivity (Wildman–Crippen MR) is 198 cm³/mol. The number of ether oxygens (including phenoxy) is 1. The first-order valence-electron chi connectivity index (χ1n) is 19.7. The van der Waals surface area contributed by atoms with Crippen LogP contribution < -0.4 is 4.74 Å². The summed E-state index contributed by atoms with van der Waals surface area (Å²) in [5.74, 6) is -10.5. The Balaban J connectivity index is 1.12. The maximum absolute atomic E-state index is 15.4. The minimum atomic E-state index is -4.65. The third kappa shape index (κ3) is 11.3. The summed E-state index contributed by atoms with van der Waals surface area (Å²) in [6, 6.07) is 8.70. The highest BCUT2D eigenvalue weighted by Gasteiger charge is 2.41. The van der Waals surface area contributed by atoms with E-state index >= 15 is 22.0 Å². The summed E-state index contributed by atoms with van der Waals surface area (Å²) < 4.78 is 136. The number of hydrogen-bond donors (Lipinski definition) is 0. The molecule has 0 unspecified atom stereocenters. The standard InChI is InChI=1S/C45H49F9O/c1-2-3-4-5-6-7-8-9-10-11-12-13-14-29-15-17-30(18-16-29)31-19-21-35(37(46)23-31)32-24-39(48)43(40(49)25-32)45(53,54)55-34-20-22-36(38(47)28-34)33-26-41(50)44(52)42(51)27-33/h19-30H,2-18H2,1H3. The smallest absolute Gasteiger partial charge is 0.429 e. The van der Waals surface area contributed by atoms with Gasteiger partial charge in [0.15, 0.2) is 17.5 Å². The van der Waals surface area contributed by atoms with Crippen molar-refractivity contribution >= 4 is 0 Å². The highest BCUT2D eigenvalue weighted by molar-refractivity contribution is 5.66. The summed E-state index contributed by atoms with van der Waals surface area (Å²) >= 11 is 0. The van der Waals surface area contributed by atoms with Crippen LogP contribution in [0.1, 0.15) is 133 Å². The van der Waals surface area contributed by atoms with Crippen LogP contribution >= 0.6 is 0 Å². The second-order valence-electron chi connectivity index (χ2n) is 15.0. The Morgan fingerprint density at radius 2 is 1.00 bits per heavy atom. The molecule has 55 heavy (non-hydrogen) atoms. The molecule has 298 valence electrons. The van der Waals surface area contributed by atoms with Crippen LogP contribution in [0, 0.1) is 46.6 Å². The SMILES string of the molecule is CCCCCCCCCCCCCCC1CCC(c2ccc(-c3cc(F)c(C(F)(F)Oc4ccc(-c5cc(F)c(F)c(F)c5)c(F)c4)c(F)c3)c(F)c2)CC1. The first kappa shape index (κ1) is 42.2. The van der Waals surface area contributed by atoms with Crippen molar-refractivity contribution in [2.75, 3.05) is 0 Å². The molecule has 0 radical (unpaired) electrons. The minimum absolute atomic E-state index is 0.158. The van der Waals surface area contributed by atoms with Crippen LogP contribution in [0.2, 0.25) is 0 Å². The predicted octanol–water partition coefficient (Wildman–Crippen LogP) is 15.5. The monoisotopic (exact) mass is 776 g/mol. The summed E-state index contributed by atoms with van der Waals surface area (Å²) in [7, 11) is 0. The van der Waals surface area contributed by atoms with Gasteiger partial charge in [0.05, 0.1) is 0 Å². The van der Waals surface area contributed by atoms with Crippen molar-refractivity contribution in [3.63, 3.8) is 0 Å². The molecular formula is C45H49F9O. The van der Waals surface area contributed by atoms with Gasteiger partial charge >= 0.3 is 6.11 Å². The fraction of sp³-hybridized carbons (Fsp3) is 0.467. The van der Waals surface area contributed by atoms with Crippen molar-refractivity contribution in [3.8, 4) is 28.0 Å². The molecule has 1 saturated carbocycles. The van der Waals surface area contributed by atoms with E-state index in [9.17, 15) is 17.6 Å². The largest absolute Gasteiger partial charge is 0.432 e. The number of rotatable bonds is 19. The Hall–Kier alpha value is -3.95. The molecular weight excluding hydrogens is 727 g/mol. The summed E-state index contributed by atoms with van der Waals surface area (Å²) in [5.41, 5.74) is -2.34. The number of hydrogen-bond acceptors (Lipinski definition) is 1. The zero-order chi connectivity index (χ0) is 39.5. The van der Waals surface area contributed by atoms with E-state index in [0.717, 1.165) is 43.4 Å². The van der Waals surface area contributed by atoms with Crippen LogP contribution in [0.25, 0.3) is 22.3 Å². The maximum atomic E-state index is 15.4. The van der Waals surface area contributed by atoms with E-state index in [1.54, 1.807) is 6.07 Å². The number of unbranched alkanes of at least 4 members (excludes halogenated alkanes) is 11. The zero-order valence-corrected chi connectivity index (χ0v) is 31.3. The highest BCUT2D eigenvalue weighted by atomic mass is 19.3. The number of alkyl halides is 2. The molecule has 0 heterocycles. The molecule has 0 N–H and O–H groups in total. The van der Waals surface area contributed by atoms with Gasteiger partial charge in [0.25, 0.3) is 0 Å². The topological polar surface area (TPSA) is 9.23 Å². The second kappa shape index (κ2) is 19.8. The fourth-order valence-electron chi connectivity index (χ4n) is 7.79. The van der Waals surface area contributed by atoms with Crippen molar-refractivity contribution in [1.82, 2.24) is 0 Å². The van der Waals surface area contributed by atoms with Gasteiger partial charge in [-0.3, -0.25) is 0 Å². The van der Waals surface area contributed by atoms with Crippen LogP contribution in [-0.2, 0) is 6.11 Å². The molecule has 1 aliphatic rings. The average Bonchev–Trinajstić information content (AvgIpc) is 3.13. The Kier molecular flexibility index (Phi) is 15.2. The molecule has 1 fully saturated rings. The molecule has 1 aliphatic carbocycles. The van der Waals surface area contributed by atoms with Crippen molar-refractivity contribution < 1.29 is 44.3 Å². The van der Waals surface area contributed by atoms with Gasteiger partial charge in [-0.1, -0.05) is 103 Å². The van der Waals surface area contributed by atoms with Gasteiger partial charge in [-0.05, 0) is 96.7 Å². The first-order chi connectivity index (χ1) is 26.4. The summed E-state index contributed by atoms with van der Waals surface area (Å²) in [6.07, 6.45) is 16.4. The number of benzene rings is 4. The van der Waals surface area contributed by atoms with E-state index < -0.39 is 69.3 Å². The first-order valence-corrected chi connectivity index (χ1v) is 19.7. The third-order valence-electron chi connectivity index (χ3n) is 10.9. The Morgan fingerprint density at radius 3 is 1.51 bits per heavy atom. The summed E-state index contributed by atoms with van der Waals surface area (Å²) in [6.45, 7) is 2.24. The third-order valence-corrected chi connectivity index (χ3v) is 10.9. The molecule has 0 bridgehead atoms. The van der Waals surface area contributed by atoms with Crippen molar-refractivity contribution in [2.45, 2.75) is 128 Å². The molecule has 0 spiro atoms. The van der Waals surface area contributed by atoms with Gasteiger partial charge in [0, 0.05) is 17.2 Å². The molecule has 4 aromatic carbocycles. The quantitative estimate of drug-likeness (QED) is 0.0524. The zero-order valence-electron chi connectivity index (χ0n) is 31.3. The molecule has 0 amide bonds. The van der Waals surface area contributed by atoms with Crippen LogP contribution in [0.3, 0.4) is 0 Å². The van der Waals surface area contributed by atoms with E-state index in [1.165, 1.54) is 95.6 Å². The van der Waals surface area contributed by atoms with Crippen molar-refractivity contribution in [2.24, 2.45) is 5.92 Å². The molecule has 5 rings (SSSR count). The second-order valence-corrected chi connectivity index (χ2v) is 15.0. The Labute approximate surface area is 318 Å². The molecule has 0 saturated heterocycles. The molecule has 0 aliphatic heterocycles. The minimum Gasteiger partial charge on any atom is -0.429 e. The average molecular weight is 777 g/mol. The van der Waals surface area contributed by atoms with E-state index in [-0.39, 0.29) is 17.0 Å². The molecule has 4 aromatic rings. The molecule has 0 aromatic heterocycles. The molecule has 1 nitrogen and oxygen atoms in total. The van der Waals surface area contributed by atoms with Crippen LogP contribution in [0.15, 0.2) is 60.7 Å². The van der Waals surface area contributed by atoms with Gasteiger partial charge in [0.2, 0.25) is 0 Å². The highest BCUT2D eigenvalue weighted by Crippen LogP contribution is 2.41. The fourth-order valence-corrected chi connectivity index (χ4v) is 7.79. The Morgan fingerprint density at radius 1 is 0.527 bits per heavy atom. The van der Waals surface area contributed by atoms with Gasteiger partial charge in [-0.2, -0.15) is 8.78 Å². The lowest BCUT2D eigenvalue weighted by atomic mass is 9.77. The van der Waals surface area contributed by atoms with Gasteiger partial charge in [0.1, 0.15) is 34.6 Å². The Bertz CT molecular complexity index is 1820. The van der Waals surface area contributed by atoms with Crippen LogP contribution in [0.4, 0.5) is 39.5 Å². The molecule has 10 heteroatoms. The van der Waals surface area contributed by atoms with Crippen molar-refractivity contribution in [1.29, 1.82) is 0 Å². The van der Waals surface area contributed by atoms with Crippen LogP contribution in [0.5, 0.6) is 5.75 Å². The summed E-state index contributed by atoms with van der Waals surface area (Å²) in [4.78, 5) is 0. The van der Waals surface area contributed by atoms with Crippen LogP contribution in [-0.4, -0.2) is 0 Å². The number of halogens is 9. The lowest BCUT2D eigenvalue weighted by molar-refractivity contribution is -0.189. The van der Waals surface area contributed by atoms with Gasteiger partial charge in [-0.15, -0.1) is 0 Å². The normalized spacial score (nSPS) is 16.1. The molecule has 0 atom stereocenters. The lowest BCUT2D eigenvalue weighted by Crippen LogP contribution is -2.25. The maximum Gasteiger partial charge on any atom is 0.432 e. The van der Waals surface area contributed by atoms with E-state index in [4.69, 9.17) is 0 Å². The lowest BCUT2D eigenvalue weighted by Gasteiger charge is -2.29. The van der Waals surface area contributed by atoms with E-state index in [0.29, 0.717) is 36.2 Å². The van der Waals surface area contributed by atoms with Gasteiger partial charge in [-0.25, -0.2) is 30.7 Å².